The average molecular weight is 321 g/mol. The predicted octanol–water partition coefficient (Wildman–Crippen LogP) is 2.32. The summed E-state index contributed by atoms with van der Waals surface area (Å²) in [7, 11) is 3.21. The van der Waals surface area contributed by atoms with Crippen molar-refractivity contribution in [3.63, 3.8) is 0 Å². The van der Waals surface area contributed by atoms with Gasteiger partial charge in [-0.15, -0.1) is 0 Å². The number of benzene rings is 1. The van der Waals surface area contributed by atoms with Crippen molar-refractivity contribution in [2.24, 2.45) is 0 Å². The third-order valence-electron chi connectivity index (χ3n) is 2.98. The van der Waals surface area contributed by atoms with Gasteiger partial charge in [0.15, 0.2) is 11.5 Å². The molecule has 0 spiro atoms. The molecule has 5 nitrogen and oxygen atoms in total. The Balaban J connectivity index is 2.17. The smallest absolute Gasteiger partial charge is 0.236 e. The molecule has 0 radical (unpaired) electrons. The molecule has 1 atom stereocenters. The number of ether oxygens (including phenoxy) is 3. The van der Waals surface area contributed by atoms with Crippen LogP contribution in [0, 0.1) is 0 Å². The van der Waals surface area contributed by atoms with Gasteiger partial charge in [0.2, 0.25) is 9.05 Å². The molecular weight excluding hydrogens is 304 g/mol. The number of halogens is 1. The van der Waals surface area contributed by atoms with Gasteiger partial charge in [-0.2, -0.15) is 0 Å². The van der Waals surface area contributed by atoms with Crippen LogP contribution in [0.2, 0.25) is 0 Å². The molecule has 0 aromatic heterocycles. The number of hydrogen-bond acceptors (Lipinski definition) is 5. The Morgan fingerprint density at radius 1 is 1.40 bits per heavy atom. The fourth-order valence-electron chi connectivity index (χ4n) is 2.09. The van der Waals surface area contributed by atoms with Crippen molar-refractivity contribution in [3.05, 3.63) is 23.8 Å². The van der Waals surface area contributed by atoms with Crippen molar-refractivity contribution >= 4 is 19.7 Å². The van der Waals surface area contributed by atoms with Crippen LogP contribution >= 0.6 is 10.7 Å². The Morgan fingerprint density at radius 3 is 2.80 bits per heavy atom. The fourth-order valence-corrected chi connectivity index (χ4v) is 3.04. The van der Waals surface area contributed by atoms with E-state index in [0.29, 0.717) is 23.7 Å². The first kappa shape index (κ1) is 15.4. The first-order valence-electron chi connectivity index (χ1n) is 6.31. The van der Waals surface area contributed by atoms with Gasteiger partial charge < -0.3 is 14.2 Å². The lowest BCUT2D eigenvalue weighted by Gasteiger charge is -2.24. The van der Waals surface area contributed by atoms with E-state index in [0.717, 1.165) is 19.4 Å². The van der Waals surface area contributed by atoms with E-state index in [4.69, 9.17) is 24.9 Å². The Kier molecular flexibility index (Phi) is 5.12. The second kappa shape index (κ2) is 6.65. The summed E-state index contributed by atoms with van der Waals surface area (Å²) in [5, 5.41) is 0. The lowest BCUT2D eigenvalue weighted by atomic mass is 10.1. The lowest BCUT2D eigenvalue weighted by Crippen LogP contribution is -2.28. The van der Waals surface area contributed by atoms with Gasteiger partial charge >= 0.3 is 0 Å². The maximum Gasteiger partial charge on any atom is 0.236 e. The van der Waals surface area contributed by atoms with Gasteiger partial charge in [-0.05, 0) is 30.5 Å². The van der Waals surface area contributed by atoms with Crippen molar-refractivity contribution in [2.75, 3.05) is 20.3 Å². The zero-order valence-corrected chi connectivity index (χ0v) is 12.7. The molecule has 0 saturated carbocycles. The van der Waals surface area contributed by atoms with E-state index in [2.05, 4.69) is 0 Å². The van der Waals surface area contributed by atoms with Crippen molar-refractivity contribution < 1.29 is 22.6 Å². The molecule has 1 aromatic rings. The highest BCUT2D eigenvalue weighted by Gasteiger charge is 2.18. The average Bonchev–Trinajstić information content (AvgIpc) is 2.38. The van der Waals surface area contributed by atoms with Crippen LogP contribution in [0.3, 0.4) is 0 Å². The Morgan fingerprint density at radius 2 is 2.20 bits per heavy atom. The number of rotatable bonds is 5. The highest BCUT2D eigenvalue weighted by Crippen LogP contribution is 2.31. The van der Waals surface area contributed by atoms with E-state index in [1.807, 2.05) is 0 Å². The van der Waals surface area contributed by atoms with Crippen LogP contribution in [0.25, 0.3) is 0 Å². The molecule has 0 bridgehead atoms. The third kappa shape index (κ3) is 4.54. The molecule has 20 heavy (non-hydrogen) atoms. The predicted molar refractivity (Wildman–Crippen MR) is 75.9 cm³/mol. The van der Waals surface area contributed by atoms with E-state index in [9.17, 15) is 8.42 Å². The van der Waals surface area contributed by atoms with Crippen LogP contribution in [-0.2, 0) is 19.5 Å². The Bertz CT molecular complexity index is 552. The fraction of sp³-hybridized carbons (Fsp3) is 0.538. The standard InChI is InChI=1S/C13H17ClO5S/c1-17-12-5-4-10(9-20(14,15)16)7-13(12)19-11-3-2-6-18-8-11/h4-5,7,11H,2-3,6,8-9H2,1H3. The van der Waals surface area contributed by atoms with Crippen molar-refractivity contribution in [3.8, 4) is 11.5 Å². The van der Waals surface area contributed by atoms with Gasteiger partial charge in [0.1, 0.15) is 6.10 Å². The Hall–Kier alpha value is -0.980. The van der Waals surface area contributed by atoms with Crippen LogP contribution in [0.1, 0.15) is 18.4 Å². The SMILES string of the molecule is COc1ccc(CS(=O)(=O)Cl)cc1OC1CCCOC1. The topological polar surface area (TPSA) is 61.8 Å². The summed E-state index contributed by atoms with van der Waals surface area (Å²) in [5.41, 5.74) is 0.563. The van der Waals surface area contributed by atoms with Crippen molar-refractivity contribution in [2.45, 2.75) is 24.7 Å². The zero-order chi connectivity index (χ0) is 14.6. The van der Waals surface area contributed by atoms with Crippen LogP contribution in [-0.4, -0.2) is 34.8 Å². The second-order valence-corrected chi connectivity index (χ2v) is 7.40. The summed E-state index contributed by atoms with van der Waals surface area (Å²) in [6.07, 6.45) is 1.81. The van der Waals surface area contributed by atoms with Crippen LogP contribution in [0.5, 0.6) is 11.5 Å². The lowest BCUT2D eigenvalue weighted by molar-refractivity contribution is 0.00642. The summed E-state index contributed by atoms with van der Waals surface area (Å²) < 4.78 is 38.7. The van der Waals surface area contributed by atoms with Gasteiger partial charge in [-0.1, -0.05) is 6.07 Å². The van der Waals surface area contributed by atoms with Crippen molar-refractivity contribution in [1.82, 2.24) is 0 Å². The molecule has 1 unspecified atom stereocenters. The summed E-state index contributed by atoms with van der Waals surface area (Å²) in [5.74, 6) is 0.836. The molecule has 0 N–H and O–H groups in total. The van der Waals surface area contributed by atoms with E-state index in [1.165, 1.54) is 7.11 Å². The molecule has 112 valence electrons. The molecule has 1 heterocycles. The van der Waals surface area contributed by atoms with E-state index in [1.54, 1.807) is 18.2 Å². The highest BCUT2D eigenvalue weighted by molar-refractivity contribution is 8.13. The minimum absolute atomic E-state index is 0.0412. The van der Waals surface area contributed by atoms with Crippen LogP contribution in [0.4, 0.5) is 0 Å². The summed E-state index contributed by atoms with van der Waals surface area (Å²) in [6, 6.07) is 4.98. The largest absolute Gasteiger partial charge is 0.493 e. The molecule has 7 heteroatoms. The van der Waals surface area contributed by atoms with E-state index < -0.39 is 9.05 Å². The maximum absolute atomic E-state index is 11.1. The van der Waals surface area contributed by atoms with Crippen LogP contribution < -0.4 is 9.47 Å². The number of methoxy groups -OCH3 is 1. The maximum atomic E-state index is 11.1. The third-order valence-corrected chi connectivity index (χ3v) is 3.98. The summed E-state index contributed by atoms with van der Waals surface area (Å²) >= 11 is 0. The van der Waals surface area contributed by atoms with Crippen molar-refractivity contribution in [1.29, 1.82) is 0 Å². The molecule has 1 fully saturated rings. The first-order chi connectivity index (χ1) is 9.48. The monoisotopic (exact) mass is 320 g/mol. The van der Waals surface area contributed by atoms with Gasteiger partial charge in [0.25, 0.3) is 0 Å². The number of hydrogen-bond donors (Lipinski definition) is 0. The minimum Gasteiger partial charge on any atom is -0.493 e. The van der Waals surface area contributed by atoms with E-state index in [-0.39, 0.29) is 11.9 Å². The van der Waals surface area contributed by atoms with E-state index >= 15 is 0 Å². The summed E-state index contributed by atoms with van der Waals surface area (Å²) in [4.78, 5) is 0. The molecule has 1 aliphatic rings. The molecule has 0 amide bonds. The molecule has 1 aromatic carbocycles. The van der Waals surface area contributed by atoms with Gasteiger partial charge in [0.05, 0.1) is 19.5 Å². The zero-order valence-electron chi connectivity index (χ0n) is 11.2. The molecule has 2 rings (SSSR count). The highest BCUT2D eigenvalue weighted by atomic mass is 35.7. The first-order valence-corrected chi connectivity index (χ1v) is 8.79. The quantitative estimate of drug-likeness (QED) is 0.779. The van der Waals surface area contributed by atoms with Gasteiger partial charge in [-0.3, -0.25) is 0 Å². The van der Waals surface area contributed by atoms with Gasteiger partial charge in [0, 0.05) is 17.3 Å². The second-order valence-electron chi connectivity index (χ2n) is 4.63. The minimum atomic E-state index is -3.60. The molecular formula is C13H17ClO5S. The normalized spacial score (nSPS) is 19.6. The molecule has 1 aliphatic heterocycles. The van der Waals surface area contributed by atoms with Gasteiger partial charge in [-0.25, -0.2) is 8.42 Å². The molecule has 0 aliphatic carbocycles. The molecule has 1 saturated heterocycles. The summed E-state index contributed by atoms with van der Waals surface area (Å²) in [6.45, 7) is 1.28. The Labute approximate surface area is 123 Å². The van der Waals surface area contributed by atoms with Crippen LogP contribution in [0.15, 0.2) is 18.2 Å².